The second-order valence-electron chi connectivity index (χ2n) is 3.55. The van der Waals surface area contributed by atoms with Crippen molar-refractivity contribution >= 4 is 10.0 Å². The van der Waals surface area contributed by atoms with Gasteiger partial charge in [-0.1, -0.05) is 30.3 Å². The summed E-state index contributed by atoms with van der Waals surface area (Å²) in [5.74, 6) is 0. The number of benzene rings is 1. The van der Waals surface area contributed by atoms with E-state index in [1.807, 2.05) is 30.3 Å². The van der Waals surface area contributed by atoms with Gasteiger partial charge in [0.1, 0.15) is 0 Å². The minimum absolute atomic E-state index is 0.0885. The molecule has 0 fully saturated rings. The summed E-state index contributed by atoms with van der Waals surface area (Å²) in [6.45, 7) is 0.366. The normalized spacial score (nSPS) is 11.5. The van der Waals surface area contributed by atoms with Crippen molar-refractivity contribution in [3.8, 4) is 0 Å². The average molecular weight is 251 g/mol. The van der Waals surface area contributed by atoms with Crippen LogP contribution in [-0.4, -0.2) is 24.9 Å². The highest BCUT2D eigenvalue weighted by atomic mass is 32.2. The number of nitrogens with one attached hydrogen (secondary N) is 2. The number of sulfonamides is 1. The van der Waals surface area contributed by atoms with Crippen LogP contribution in [0.2, 0.25) is 0 Å². The molecule has 2 aromatic rings. The molecule has 0 atom stereocenters. The van der Waals surface area contributed by atoms with Crippen molar-refractivity contribution in [3.05, 3.63) is 48.4 Å². The van der Waals surface area contributed by atoms with Gasteiger partial charge in [-0.3, -0.25) is 0 Å². The van der Waals surface area contributed by atoms with E-state index in [2.05, 4.69) is 14.7 Å². The molecule has 17 heavy (non-hydrogen) atoms. The Hall–Kier alpha value is -1.66. The van der Waals surface area contributed by atoms with Gasteiger partial charge in [-0.15, -0.1) is 0 Å². The van der Waals surface area contributed by atoms with Crippen molar-refractivity contribution < 1.29 is 8.42 Å². The molecule has 2 rings (SSSR count). The van der Waals surface area contributed by atoms with Gasteiger partial charge in [0, 0.05) is 6.54 Å². The molecule has 2 N–H and O–H groups in total. The monoisotopic (exact) mass is 251 g/mol. The van der Waals surface area contributed by atoms with Crippen molar-refractivity contribution in [1.82, 2.24) is 14.7 Å². The topological polar surface area (TPSA) is 74.8 Å². The number of aromatic amines is 1. The molecule has 1 heterocycles. The number of hydrogen-bond acceptors (Lipinski definition) is 3. The Labute approximate surface area is 100.0 Å². The van der Waals surface area contributed by atoms with E-state index in [1.54, 1.807) is 0 Å². The molecule has 0 aliphatic rings. The van der Waals surface area contributed by atoms with Crippen LogP contribution in [0.1, 0.15) is 5.56 Å². The fourth-order valence-electron chi connectivity index (χ4n) is 1.44. The first kappa shape index (κ1) is 11.8. The van der Waals surface area contributed by atoms with E-state index < -0.39 is 10.0 Å². The molecule has 5 nitrogen and oxygen atoms in total. The molecule has 6 heteroatoms. The first-order valence-corrected chi connectivity index (χ1v) is 6.69. The maximum Gasteiger partial charge on any atom is 0.257 e. The van der Waals surface area contributed by atoms with Crippen LogP contribution in [0.3, 0.4) is 0 Å². The van der Waals surface area contributed by atoms with Crippen molar-refractivity contribution in [2.24, 2.45) is 0 Å². The van der Waals surface area contributed by atoms with Crippen LogP contribution in [0.4, 0.5) is 0 Å². The highest BCUT2D eigenvalue weighted by molar-refractivity contribution is 7.89. The van der Waals surface area contributed by atoms with E-state index in [4.69, 9.17) is 0 Å². The SMILES string of the molecule is O=S(=O)(NCCc1ccccc1)c1cnc[nH]1. The molecule has 0 amide bonds. The Balaban J connectivity index is 1.91. The van der Waals surface area contributed by atoms with Crippen LogP contribution in [-0.2, 0) is 16.4 Å². The van der Waals surface area contributed by atoms with Crippen molar-refractivity contribution in [1.29, 1.82) is 0 Å². The van der Waals surface area contributed by atoms with Crippen LogP contribution >= 0.6 is 0 Å². The quantitative estimate of drug-likeness (QED) is 0.830. The molecule has 0 spiro atoms. The van der Waals surface area contributed by atoms with Crippen molar-refractivity contribution in [2.75, 3.05) is 6.54 Å². The molecular weight excluding hydrogens is 238 g/mol. The number of rotatable bonds is 5. The third-order valence-electron chi connectivity index (χ3n) is 2.31. The first-order valence-electron chi connectivity index (χ1n) is 5.20. The van der Waals surface area contributed by atoms with Gasteiger partial charge >= 0.3 is 0 Å². The number of H-pyrrole nitrogens is 1. The highest BCUT2D eigenvalue weighted by Crippen LogP contribution is 2.03. The third-order valence-corrected chi connectivity index (χ3v) is 3.70. The molecule has 0 bridgehead atoms. The Kier molecular flexibility index (Phi) is 3.55. The Morgan fingerprint density at radius 2 is 2.00 bits per heavy atom. The van der Waals surface area contributed by atoms with E-state index in [1.165, 1.54) is 12.5 Å². The number of aromatic nitrogens is 2. The zero-order valence-corrected chi connectivity index (χ0v) is 9.94. The average Bonchev–Trinajstić information content (AvgIpc) is 2.84. The van der Waals surface area contributed by atoms with Crippen LogP contribution in [0.25, 0.3) is 0 Å². The summed E-state index contributed by atoms with van der Waals surface area (Å²) in [6.07, 6.45) is 3.28. The summed E-state index contributed by atoms with van der Waals surface area (Å²) >= 11 is 0. The third kappa shape index (κ3) is 3.15. The Morgan fingerprint density at radius 1 is 1.24 bits per heavy atom. The van der Waals surface area contributed by atoms with Gasteiger partial charge in [-0.25, -0.2) is 18.1 Å². The predicted molar refractivity (Wildman–Crippen MR) is 63.9 cm³/mol. The fraction of sp³-hybridized carbons (Fsp3) is 0.182. The van der Waals surface area contributed by atoms with Gasteiger partial charge in [0.25, 0.3) is 10.0 Å². The summed E-state index contributed by atoms with van der Waals surface area (Å²) < 4.78 is 25.9. The second kappa shape index (κ2) is 5.11. The lowest BCUT2D eigenvalue weighted by Gasteiger charge is -2.04. The molecule has 1 aromatic carbocycles. The van der Waals surface area contributed by atoms with E-state index in [0.29, 0.717) is 13.0 Å². The van der Waals surface area contributed by atoms with Gasteiger partial charge in [0.2, 0.25) is 0 Å². The second-order valence-corrected chi connectivity index (χ2v) is 5.28. The Bertz CT molecular complexity index is 550. The van der Waals surface area contributed by atoms with E-state index in [9.17, 15) is 8.42 Å². The summed E-state index contributed by atoms with van der Waals surface area (Å²) in [6, 6.07) is 9.71. The molecule has 1 aromatic heterocycles. The minimum Gasteiger partial charge on any atom is -0.335 e. The summed E-state index contributed by atoms with van der Waals surface area (Å²) in [5.41, 5.74) is 1.10. The summed E-state index contributed by atoms with van der Waals surface area (Å²) in [4.78, 5) is 6.24. The molecule has 90 valence electrons. The predicted octanol–water partition coefficient (Wildman–Crippen LogP) is 0.931. The maximum absolute atomic E-state index is 11.7. The van der Waals surface area contributed by atoms with Gasteiger partial charge < -0.3 is 4.98 Å². The zero-order valence-electron chi connectivity index (χ0n) is 9.13. The molecule has 0 aliphatic heterocycles. The van der Waals surface area contributed by atoms with Gasteiger partial charge in [0.15, 0.2) is 5.03 Å². The molecular formula is C11H13N3O2S. The largest absolute Gasteiger partial charge is 0.335 e. The van der Waals surface area contributed by atoms with E-state index in [-0.39, 0.29) is 5.03 Å². The van der Waals surface area contributed by atoms with Crippen LogP contribution in [0.5, 0.6) is 0 Å². The van der Waals surface area contributed by atoms with Crippen LogP contribution < -0.4 is 4.72 Å². The van der Waals surface area contributed by atoms with E-state index in [0.717, 1.165) is 5.56 Å². The highest BCUT2D eigenvalue weighted by Gasteiger charge is 2.14. The van der Waals surface area contributed by atoms with Crippen LogP contribution in [0.15, 0.2) is 47.9 Å². The summed E-state index contributed by atoms with van der Waals surface area (Å²) in [5, 5.41) is 0.0885. The molecule has 0 aliphatic carbocycles. The number of hydrogen-bond donors (Lipinski definition) is 2. The summed E-state index contributed by atoms with van der Waals surface area (Å²) in [7, 11) is -3.46. The standard InChI is InChI=1S/C11H13N3O2S/c15-17(16,11-8-12-9-13-11)14-7-6-10-4-2-1-3-5-10/h1-5,8-9,14H,6-7H2,(H,12,13). The number of nitrogens with zero attached hydrogens (tertiary/aromatic N) is 1. The lowest BCUT2D eigenvalue weighted by molar-refractivity contribution is 0.578. The lowest BCUT2D eigenvalue weighted by atomic mass is 10.2. The van der Waals surface area contributed by atoms with Crippen molar-refractivity contribution in [2.45, 2.75) is 11.4 Å². The first-order chi connectivity index (χ1) is 8.18. The van der Waals surface area contributed by atoms with Gasteiger partial charge in [0.05, 0.1) is 12.5 Å². The molecule has 0 saturated carbocycles. The zero-order chi connectivity index (χ0) is 12.1. The maximum atomic E-state index is 11.7. The molecule has 0 unspecified atom stereocenters. The van der Waals surface area contributed by atoms with Crippen molar-refractivity contribution in [3.63, 3.8) is 0 Å². The van der Waals surface area contributed by atoms with Gasteiger partial charge in [-0.2, -0.15) is 0 Å². The molecule has 0 saturated heterocycles. The van der Waals surface area contributed by atoms with Gasteiger partial charge in [-0.05, 0) is 12.0 Å². The minimum atomic E-state index is -3.46. The number of imidazole rings is 1. The lowest BCUT2D eigenvalue weighted by Crippen LogP contribution is -2.26. The van der Waals surface area contributed by atoms with Crippen LogP contribution in [0, 0.1) is 0 Å². The van der Waals surface area contributed by atoms with E-state index >= 15 is 0 Å². The smallest absolute Gasteiger partial charge is 0.257 e. The fourth-order valence-corrected chi connectivity index (χ4v) is 2.38. The molecule has 0 radical (unpaired) electrons. The Morgan fingerprint density at radius 3 is 2.65 bits per heavy atom.